The maximum atomic E-state index is 11.7. The first-order chi connectivity index (χ1) is 8.11. The van der Waals surface area contributed by atoms with E-state index in [-0.39, 0.29) is 18.2 Å². The van der Waals surface area contributed by atoms with Gasteiger partial charge in [-0.25, -0.2) is 0 Å². The van der Waals surface area contributed by atoms with Crippen LogP contribution in [-0.4, -0.2) is 30.9 Å². The number of likely N-dealkylation sites (tertiary alicyclic amines) is 1. The molecule has 0 atom stereocenters. The van der Waals surface area contributed by atoms with Crippen molar-refractivity contribution in [3.05, 3.63) is 35.4 Å². The van der Waals surface area contributed by atoms with E-state index >= 15 is 0 Å². The van der Waals surface area contributed by atoms with E-state index in [4.69, 9.17) is 4.74 Å². The Hall–Kier alpha value is -2.10. The number of likely N-dealkylation sites (N-methyl/N-ethyl adjacent to an activating group) is 1. The van der Waals surface area contributed by atoms with Gasteiger partial charge in [-0.2, -0.15) is 0 Å². The van der Waals surface area contributed by atoms with Gasteiger partial charge in [-0.05, 0) is 23.8 Å². The van der Waals surface area contributed by atoms with Gasteiger partial charge in [0, 0.05) is 12.6 Å². The van der Waals surface area contributed by atoms with E-state index in [1.165, 1.54) is 7.05 Å². The summed E-state index contributed by atoms with van der Waals surface area (Å²) in [5.41, 5.74) is 1.38. The van der Waals surface area contributed by atoms with Crippen LogP contribution in [0.1, 0.15) is 12.0 Å². The van der Waals surface area contributed by atoms with Gasteiger partial charge < -0.3 is 4.74 Å². The molecule has 4 heteroatoms. The highest BCUT2D eigenvalue weighted by Gasteiger charge is 2.30. The topological polar surface area (TPSA) is 46.6 Å². The van der Waals surface area contributed by atoms with Crippen LogP contribution in [0.4, 0.5) is 0 Å². The van der Waals surface area contributed by atoms with Crippen LogP contribution >= 0.6 is 0 Å². The Kier molecular flexibility index (Phi) is 2.95. The lowest BCUT2D eigenvalue weighted by Crippen LogP contribution is -2.23. The molecule has 0 bridgehead atoms. The highest BCUT2D eigenvalue weighted by Crippen LogP contribution is 2.21. The van der Waals surface area contributed by atoms with Gasteiger partial charge in [-0.15, -0.1) is 0 Å². The fourth-order valence-corrected chi connectivity index (χ4v) is 1.73. The lowest BCUT2D eigenvalue weighted by Gasteiger charge is -2.03. The number of rotatable bonds is 2. The van der Waals surface area contributed by atoms with Crippen LogP contribution in [0, 0.1) is 0 Å². The lowest BCUT2D eigenvalue weighted by atomic mass is 10.1. The maximum absolute atomic E-state index is 11.7. The van der Waals surface area contributed by atoms with Crippen molar-refractivity contribution >= 4 is 17.9 Å². The Labute approximate surface area is 99.5 Å². The molecule has 0 N–H and O–H groups in total. The van der Waals surface area contributed by atoms with E-state index in [0.717, 1.165) is 16.2 Å². The van der Waals surface area contributed by atoms with Gasteiger partial charge in [0.05, 0.1) is 13.5 Å². The first kappa shape index (κ1) is 11.4. The molecule has 88 valence electrons. The minimum Gasteiger partial charge on any atom is -0.497 e. The van der Waals surface area contributed by atoms with Gasteiger partial charge in [0.2, 0.25) is 5.91 Å². The van der Waals surface area contributed by atoms with E-state index in [1.807, 2.05) is 24.3 Å². The molecule has 17 heavy (non-hydrogen) atoms. The molecule has 1 heterocycles. The number of carbonyl (C=O) groups is 2. The van der Waals surface area contributed by atoms with Crippen molar-refractivity contribution in [3.8, 4) is 5.75 Å². The van der Waals surface area contributed by atoms with Crippen LogP contribution in [-0.2, 0) is 9.59 Å². The predicted molar refractivity (Wildman–Crippen MR) is 63.4 cm³/mol. The normalized spacial score (nSPS) is 18.0. The van der Waals surface area contributed by atoms with Gasteiger partial charge in [0.25, 0.3) is 5.91 Å². The average molecular weight is 231 g/mol. The van der Waals surface area contributed by atoms with Gasteiger partial charge in [-0.1, -0.05) is 12.1 Å². The largest absolute Gasteiger partial charge is 0.497 e. The maximum Gasteiger partial charge on any atom is 0.256 e. The predicted octanol–water partition coefficient (Wildman–Crippen LogP) is 1.47. The van der Waals surface area contributed by atoms with Crippen molar-refractivity contribution in [2.45, 2.75) is 6.42 Å². The molecular weight excluding hydrogens is 218 g/mol. The molecule has 0 spiro atoms. The number of benzene rings is 1. The summed E-state index contributed by atoms with van der Waals surface area (Å²) >= 11 is 0. The Balaban J connectivity index is 2.30. The van der Waals surface area contributed by atoms with Crippen molar-refractivity contribution in [2.24, 2.45) is 0 Å². The van der Waals surface area contributed by atoms with Crippen LogP contribution in [0.5, 0.6) is 5.75 Å². The third kappa shape index (κ3) is 2.20. The SMILES string of the molecule is COc1cccc(/C=C2\CC(=O)N(C)C2=O)c1. The zero-order valence-corrected chi connectivity index (χ0v) is 9.77. The van der Waals surface area contributed by atoms with E-state index < -0.39 is 0 Å². The second-order valence-electron chi connectivity index (χ2n) is 3.88. The summed E-state index contributed by atoms with van der Waals surface area (Å²) in [6, 6.07) is 7.36. The number of imide groups is 1. The molecule has 1 saturated heterocycles. The summed E-state index contributed by atoms with van der Waals surface area (Å²) < 4.78 is 5.10. The number of ether oxygens (including phenoxy) is 1. The Morgan fingerprint density at radius 3 is 2.71 bits per heavy atom. The third-order valence-electron chi connectivity index (χ3n) is 2.73. The summed E-state index contributed by atoms with van der Waals surface area (Å²) in [5.74, 6) is 0.339. The Morgan fingerprint density at radius 2 is 2.12 bits per heavy atom. The number of hydrogen-bond donors (Lipinski definition) is 0. The zero-order chi connectivity index (χ0) is 12.4. The highest BCUT2D eigenvalue weighted by atomic mass is 16.5. The first-order valence-electron chi connectivity index (χ1n) is 5.27. The summed E-state index contributed by atoms with van der Waals surface area (Å²) in [6.07, 6.45) is 1.90. The number of hydrogen-bond acceptors (Lipinski definition) is 3. The molecule has 0 aliphatic carbocycles. The van der Waals surface area contributed by atoms with E-state index in [2.05, 4.69) is 0 Å². The summed E-state index contributed by atoms with van der Waals surface area (Å²) in [5, 5.41) is 0. The third-order valence-corrected chi connectivity index (χ3v) is 2.73. The highest BCUT2D eigenvalue weighted by molar-refractivity contribution is 6.15. The molecular formula is C13H13NO3. The van der Waals surface area contributed by atoms with E-state index in [9.17, 15) is 9.59 Å². The van der Waals surface area contributed by atoms with Gasteiger partial charge >= 0.3 is 0 Å². The zero-order valence-electron chi connectivity index (χ0n) is 9.77. The molecule has 1 aromatic rings. The minimum atomic E-state index is -0.224. The standard InChI is InChI=1S/C13H13NO3/c1-14-12(15)8-10(13(14)16)6-9-4-3-5-11(7-9)17-2/h3-7H,8H2,1-2H3/b10-6+. The Morgan fingerprint density at radius 1 is 1.35 bits per heavy atom. The summed E-state index contributed by atoms with van der Waals surface area (Å²) in [7, 11) is 3.08. The fourth-order valence-electron chi connectivity index (χ4n) is 1.73. The van der Waals surface area contributed by atoms with Crippen LogP contribution in [0.3, 0.4) is 0 Å². The molecule has 0 aromatic heterocycles. The molecule has 0 radical (unpaired) electrons. The van der Waals surface area contributed by atoms with Crippen LogP contribution in [0.15, 0.2) is 29.8 Å². The van der Waals surface area contributed by atoms with Crippen LogP contribution in [0.25, 0.3) is 6.08 Å². The van der Waals surface area contributed by atoms with Crippen molar-refractivity contribution in [2.75, 3.05) is 14.2 Å². The summed E-state index contributed by atoms with van der Waals surface area (Å²) in [4.78, 5) is 24.2. The molecule has 1 fully saturated rings. The number of amides is 2. The second kappa shape index (κ2) is 4.41. The quantitative estimate of drug-likeness (QED) is 0.572. The van der Waals surface area contributed by atoms with Gasteiger partial charge in [0.15, 0.2) is 0 Å². The number of nitrogens with zero attached hydrogens (tertiary/aromatic N) is 1. The first-order valence-corrected chi connectivity index (χ1v) is 5.27. The second-order valence-corrected chi connectivity index (χ2v) is 3.88. The fraction of sp³-hybridized carbons (Fsp3) is 0.231. The van der Waals surface area contributed by atoms with Crippen molar-refractivity contribution in [1.82, 2.24) is 4.90 Å². The minimum absolute atomic E-state index is 0.163. The number of carbonyl (C=O) groups excluding carboxylic acids is 2. The molecule has 0 unspecified atom stereocenters. The molecule has 2 amide bonds. The van der Waals surface area contributed by atoms with Crippen LogP contribution in [0.2, 0.25) is 0 Å². The molecule has 1 aliphatic heterocycles. The summed E-state index contributed by atoms with van der Waals surface area (Å²) in [6.45, 7) is 0. The van der Waals surface area contributed by atoms with Gasteiger partial charge in [0.1, 0.15) is 5.75 Å². The smallest absolute Gasteiger partial charge is 0.256 e. The Bertz CT molecular complexity index is 505. The average Bonchev–Trinajstić information content (AvgIpc) is 2.57. The van der Waals surface area contributed by atoms with Crippen molar-refractivity contribution in [1.29, 1.82) is 0 Å². The molecule has 2 rings (SSSR count). The monoisotopic (exact) mass is 231 g/mol. The van der Waals surface area contributed by atoms with E-state index in [1.54, 1.807) is 13.2 Å². The molecule has 1 aliphatic rings. The van der Waals surface area contributed by atoms with Crippen molar-refractivity contribution in [3.63, 3.8) is 0 Å². The van der Waals surface area contributed by atoms with Crippen LogP contribution < -0.4 is 4.74 Å². The molecule has 0 saturated carbocycles. The van der Waals surface area contributed by atoms with E-state index in [0.29, 0.717) is 5.57 Å². The molecule has 1 aromatic carbocycles. The number of methoxy groups -OCH3 is 1. The van der Waals surface area contributed by atoms with Gasteiger partial charge in [-0.3, -0.25) is 14.5 Å². The lowest BCUT2D eigenvalue weighted by molar-refractivity contribution is -0.135. The molecule has 4 nitrogen and oxygen atoms in total. The van der Waals surface area contributed by atoms with Crippen molar-refractivity contribution < 1.29 is 14.3 Å².